The number of halogens is 3. The first-order chi connectivity index (χ1) is 5.33. The first-order valence-electron chi connectivity index (χ1n) is 3.18. The quantitative estimate of drug-likeness (QED) is 0.644. The summed E-state index contributed by atoms with van der Waals surface area (Å²) in [6, 6.07) is 1.38. The molecule has 0 fully saturated rings. The Labute approximate surface area is 62.4 Å². The summed E-state index contributed by atoms with van der Waals surface area (Å²) in [4.78, 5) is 0. The lowest BCUT2D eigenvalue weighted by Gasteiger charge is -2.00. The molecular weight excluding hydrogens is 155 g/mol. The lowest BCUT2D eigenvalue weighted by molar-refractivity contribution is 0.349. The number of alkyl halides is 3. The van der Waals surface area contributed by atoms with E-state index in [0.29, 0.717) is 0 Å². The van der Waals surface area contributed by atoms with Crippen LogP contribution in [0.5, 0.6) is 0 Å². The Balaban J connectivity index is 2.99. The Morgan fingerprint density at radius 1 is 1.18 bits per heavy atom. The van der Waals surface area contributed by atoms with Crippen LogP contribution < -0.4 is 0 Å². The predicted molar refractivity (Wildman–Crippen MR) is 35.2 cm³/mol. The van der Waals surface area contributed by atoms with Crippen molar-refractivity contribution in [1.29, 1.82) is 0 Å². The summed E-state index contributed by atoms with van der Waals surface area (Å²) in [5.74, 6) is 0. The second-order valence-corrected chi connectivity index (χ2v) is 2.14. The van der Waals surface area contributed by atoms with Crippen molar-refractivity contribution in [3.05, 3.63) is 23.5 Å². The normalized spacial score (nSPS) is 10.5. The highest BCUT2D eigenvalue weighted by Gasteiger charge is 2.07. The fraction of sp³-hybridized carbons (Fsp3) is 0.429. The van der Waals surface area contributed by atoms with Crippen LogP contribution in [0.2, 0.25) is 0 Å². The van der Waals surface area contributed by atoms with Gasteiger partial charge >= 0.3 is 0 Å². The fourth-order valence-electron chi connectivity index (χ4n) is 0.947. The van der Waals surface area contributed by atoms with E-state index >= 15 is 0 Å². The van der Waals surface area contributed by atoms with Crippen LogP contribution in [-0.4, -0.2) is 4.57 Å². The van der Waals surface area contributed by atoms with E-state index in [9.17, 15) is 13.2 Å². The zero-order valence-electron chi connectivity index (χ0n) is 5.86. The Kier molecular flexibility index (Phi) is 2.57. The molecule has 0 amide bonds. The maximum atomic E-state index is 12.1. The molecule has 0 aliphatic heterocycles. The molecule has 11 heavy (non-hydrogen) atoms. The molecule has 0 aromatic carbocycles. The van der Waals surface area contributed by atoms with Crippen LogP contribution in [-0.2, 0) is 20.1 Å². The minimum absolute atomic E-state index is 0.0926. The van der Waals surface area contributed by atoms with E-state index in [4.69, 9.17) is 0 Å². The first kappa shape index (κ1) is 8.17. The summed E-state index contributed by atoms with van der Waals surface area (Å²) in [5, 5.41) is 0. The summed E-state index contributed by atoms with van der Waals surface area (Å²) in [7, 11) is 0. The van der Waals surface area contributed by atoms with Gasteiger partial charge in [0.25, 0.3) is 0 Å². The van der Waals surface area contributed by atoms with E-state index in [-0.39, 0.29) is 11.3 Å². The molecule has 1 nitrogen and oxygen atoms in total. The Bertz CT molecular complexity index is 210. The van der Waals surface area contributed by atoms with Crippen molar-refractivity contribution >= 4 is 0 Å². The summed E-state index contributed by atoms with van der Waals surface area (Å²) in [6.45, 7) is -2.37. The molecular formula is C7H8F3N. The molecule has 0 saturated carbocycles. The second-order valence-electron chi connectivity index (χ2n) is 2.14. The molecule has 0 saturated heterocycles. The molecule has 4 heteroatoms. The molecule has 0 aliphatic rings. The van der Waals surface area contributed by atoms with Crippen LogP contribution >= 0.6 is 0 Å². The molecule has 1 aromatic rings. The van der Waals surface area contributed by atoms with E-state index in [1.54, 1.807) is 0 Å². The van der Waals surface area contributed by atoms with Gasteiger partial charge in [0.05, 0.1) is 5.69 Å². The van der Waals surface area contributed by atoms with Crippen LogP contribution in [0.1, 0.15) is 11.3 Å². The first-order valence-corrected chi connectivity index (χ1v) is 3.18. The van der Waals surface area contributed by atoms with Crippen molar-refractivity contribution in [3.8, 4) is 0 Å². The van der Waals surface area contributed by atoms with Crippen molar-refractivity contribution < 1.29 is 13.2 Å². The lowest BCUT2D eigenvalue weighted by atomic mass is 10.3. The van der Waals surface area contributed by atoms with Crippen LogP contribution in [0.15, 0.2) is 12.3 Å². The standard InChI is InChI=1S/C7H8F3N/c8-3-6-1-2-11(5-10)7(6)4-9/h1-2H,3-5H2. The molecule has 1 aromatic heterocycles. The van der Waals surface area contributed by atoms with E-state index in [0.717, 1.165) is 4.57 Å². The SMILES string of the molecule is FCc1ccn(CF)c1CF. The van der Waals surface area contributed by atoms with E-state index in [2.05, 4.69) is 0 Å². The highest BCUT2D eigenvalue weighted by molar-refractivity contribution is 5.20. The average molecular weight is 163 g/mol. The van der Waals surface area contributed by atoms with E-state index < -0.39 is 20.1 Å². The zero-order valence-corrected chi connectivity index (χ0v) is 5.86. The third kappa shape index (κ3) is 1.39. The van der Waals surface area contributed by atoms with E-state index in [1.165, 1.54) is 12.3 Å². The predicted octanol–water partition coefficient (Wildman–Crippen LogP) is 2.35. The maximum Gasteiger partial charge on any atom is 0.165 e. The third-order valence-electron chi connectivity index (χ3n) is 1.57. The summed E-state index contributed by atoms with van der Waals surface area (Å²) in [6.07, 6.45) is 1.34. The summed E-state index contributed by atoms with van der Waals surface area (Å²) < 4.78 is 37.2. The third-order valence-corrected chi connectivity index (χ3v) is 1.57. The molecule has 0 radical (unpaired) electrons. The molecule has 1 rings (SSSR count). The zero-order chi connectivity index (χ0) is 8.27. The fourth-order valence-corrected chi connectivity index (χ4v) is 0.947. The number of nitrogens with zero attached hydrogens (tertiary/aromatic N) is 1. The number of rotatable bonds is 3. The molecule has 0 N–H and O–H groups in total. The number of aromatic nitrogens is 1. The van der Waals surface area contributed by atoms with Gasteiger partial charge in [0.1, 0.15) is 13.3 Å². The van der Waals surface area contributed by atoms with Crippen LogP contribution in [0, 0.1) is 0 Å². The Hall–Kier alpha value is -0.930. The van der Waals surface area contributed by atoms with Crippen molar-refractivity contribution in [1.82, 2.24) is 4.57 Å². The van der Waals surface area contributed by atoms with Gasteiger partial charge in [-0.3, -0.25) is 0 Å². The van der Waals surface area contributed by atoms with Crippen LogP contribution in [0.3, 0.4) is 0 Å². The van der Waals surface area contributed by atoms with Gasteiger partial charge in [-0.1, -0.05) is 0 Å². The van der Waals surface area contributed by atoms with Gasteiger partial charge in [0, 0.05) is 11.8 Å². The molecule has 62 valence electrons. The van der Waals surface area contributed by atoms with Gasteiger partial charge in [-0.2, -0.15) is 0 Å². The largest absolute Gasteiger partial charge is 0.321 e. The maximum absolute atomic E-state index is 12.1. The number of hydrogen-bond donors (Lipinski definition) is 0. The minimum Gasteiger partial charge on any atom is -0.321 e. The monoisotopic (exact) mass is 163 g/mol. The van der Waals surface area contributed by atoms with Gasteiger partial charge in [-0.25, -0.2) is 13.2 Å². The van der Waals surface area contributed by atoms with Gasteiger partial charge < -0.3 is 4.57 Å². The van der Waals surface area contributed by atoms with Crippen LogP contribution in [0.4, 0.5) is 13.2 Å². The van der Waals surface area contributed by atoms with Gasteiger partial charge in [0.2, 0.25) is 0 Å². The van der Waals surface area contributed by atoms with Crippen molar-refractivity contribution in [2.75, 3.05) is 0 Å². The molecule has 0 spiro atoms. The molecule has 0 aliphatic carbocycles. The van der Waals surface area contributed by atoms with Crippen molar-refractivity contribution in [2.24, 2.45) is 0 Å². The van der Waals surface area contributed by atoms with Gasteiger partial charge in [-0.05, 0) is 6.07 Å². The molecule has 0 atom stereocenters. The van der Waals surface area contributed by atoms with Crippen molar-refractivity contribution in [2.45, 2.75) is 20.1 Å². The number of hydrogen-bond acceptors (Lipinski definition) is 0. The van der Waals surface area contributed by atoms with E-state index in [1.807, 2.05) is 0 Å². The molecule has 0 unspecified atom stereocenters. The van der Waals surface area contributed by atoms with Gasteiger partial charge in [0.15, 0.2) is 6.80 Å². The Morgan fingerprint density at radius 3 is 2.36 bits per heavy atom. The summed E-state index contributed by atoms with van der Waals surface area (Å²) >= 11 is 0. The van der Waals surface area contributed by atoms with Crippen molar-refractivity contribution in [3.63, 3.8) is 0 Å². The average Bonchev–Trinajstić information content (AvgIpc) is 2.45. The lowest BCUT2D eigenvalue weighted by Crippen LogP contribution is -1.98. The summed E-state index contributed by atoms with van der Waals surface area (Å²) in [5.41, 5.74) is 0.320. The smallest absolute Gasteiger partial charge is 0.165 e. The highest BCUT2D eigenvalue weighted by atomic mass is 19.1. The van der Waals surface area contributed by atoms with Crippen LogP contribution in [0.25, 0.3) is 0 Å². The topological polar surface area (TPSA) is 4.93 Å². The minimum atomic E-state index is -0.823. The molecule has 1 heterocycles. The second kappa shape index (κ2) is 3.46. The van der Waals surface area contributed by atoms with Gasteiger partial charge in [-0.15, -0.1) is 0 Å². The highest BCUT2D eigenvalue weighted by Crippen LogP contribution is 2.13. The Morgan fingerprint density at radius 2 is 1.91 bits per heavy atom. The molecule has 0 bridgehead atoms.